The van der Waals surface area contributed by atoms with Crippen molar-refractivity contribution in [2.45, 2.75) is 39.0 Å². The van der Waals surface area contributed by atoms with Crippen molar-refractivity contribution in [1.29, 1.82) is 0 Å². The average Bonchev–Trinajstić information content (AvgIpc) is 2.94. The molecule has 0 radical (unpaired) electrons. The fourth-order valence-electron chi connectivity index (χ4n) is 2.66. The van der Waals surface area contributed by atoms with E-state index in [-0.39, 0.29) is 18.4 Å². The van der Waals surface area contributed by atoms with Crippen LogP contribution in [-0.2, 0) is 9.59 Å². The van der Waals surface area contributed by atoms with Gasteiger partial charge in [-0.3, -0.25) is 9.59 Å². The third-order valence-electron chi connectivity index (χ3n) is 3.94. The summed E-state index contributed by atoms with van der Waals surface area (Å²) in [5, 5.41) is 6.05. The fourth-order valence-corrected chi connectivity index (χ4v) is 2.84. The lowest BCUT2D eigenvalue weighted by Gasteiger charge is -2.11. The molecule has 2 N–H and O–H groups in total. The monoisotopic (exact) mass is 308 g/mol. The van der Waals surface area contributed by atoms with Gasteiger partial charge in [0.15, 0.2) is 0 Å². The Bertz CT molecular complexity index is 525. The van der Waals surface area contributed by atoms with E-state index in [4.69, 9.17) is 11.6 Å². The lowest BCUT2D eigenvalue weighted by Crippen LogP contribution is -2.33. The zero-order valence-corrected chi connectivity index (χ0v) is 13.0. The summed E-state index contributed by atoms with van der Waals surface area (Å²) in [5.41, 5.74) is 1.50. The minimum absolute atomic E-state index is 0.00247. The van der Waals surface area contributed by atoms with Crippen LogP contribution < -0.4 is 10.6 Å². The van der Waals surface area contributed by atoms with Crippen molar-refractivity contribution < 1.29 is 9.59 Å². The van der Waals surface area contributed by atoms with Crippen molar-refractivity contribution in [3.8, 4) is 0 Å². The highest BCUT2D eigenvalue weighted by atomic mass is 35.5. The molecule has 0 atom stereocenters. The Balaban J connectivity index is 1.76. The van der Waals surface area contributed by atoms with E-state index in [0.29, 0.717) is 23.0 Å². The maximum atomic E-state index is 11.8. The molecule has 0 bridgehead atoms. The van der Waals surface area contributed by atoms with Gasteiger partial charge in [-0.15, -0.1) is 0 Å². The van der Waals surface area contributed by atoms with E-state index in [0.717, 1.165) is 18.4 Å². The molecule has 21 heavy (non-hydrogen) atoms. The number of rotatable bonds is 5. The number of amides is 2. The molecule has 0 spiro atoms. The highest BCUT2D eigenvalue weighted by Gasteiger charge is 2.18. The standard InChI is InChI=1S/C16H21ClN2O2/c1-11-13(17)7-4-8-14(11)19-16(21)10-18-15(20)9-12-5-2-3-6-12/h4,7-8,12H,2-3,5-6,9-10H2,1H3,(H,18,20)(H,19,21). The van der Waals surface area contributed by atoms with E-state index in [2.05, 4.69) is 10.6 Å². The van der Waals surface area contributed by atoms with E-state index in [1.54, 1.807) is 18.2 Å². The Hall–Kier alpha value is -1.55. The van der Waals surface area contributed by atoms with Crippen LogP contribution in [0.5, 0.6) is 0 Å². The molecular formula is C16H21ClN2O2. The summed E-state index contributed by atoms with van der Waals surface area (Å²) < 4.78 is 0. The molecule has 5 heteroatoms. The molecule has 0 aliphatic heterocycles. The van der Waals surface area contributed by atoms with Gasteiger partial charge in [-0.05, 0) is 43.4 Å². The zero-order chi connectivity index (χ0) is 15.2. The maximum Gasteiger partial charge on any atom is 0.243 e. The number of carbonyl (C=O) groups is 2. The van der Waals surface area contributed by atoms with Gasteiger partial charge in [0, 0.05) is 17.1 Å². The number of nitrogens with one attached hydrogen (secondary N) is 2. The molecule has 0 saturated heterocycles. The first-order valence-corrected chi connectivity index (χ1v) is 7.75. The van der Waals surface area contributed by atoms with Gasteiger partial charge >= 0.3 is 0 Å². The van der Waals surface area contributed by atoms with Gasteiger partial charge in [0.1, 0.15) is 0 Å². The quantitative estimate of drug-likeness (QED) is 0.877. The number of halogens is 1. The number of carbonyl (C=O) groups excluding carboxylic acids is 2. The molecule has 1 fully saturated rings. The van der Waals surface area contributed by atoms with Gasteiger partial charge in [0.05, 0.1) is 6.54 Å². The third kappa shape index (κ3) is 4.74. The van der Waals surface area contributed by atoms with Crippen molar-refractivity contribution >= 4 is 29.1 Å². The predicted molar refractivity (Wildman–Crippen MR) is 84.4 cm³/mol. The van der Waals surface area contributed by atoms with E-state index in [1.165, 1.54) is 12.8 Å². The first kappa shape index (κ1) is 15.8. The lowest BCUT2D eigenvalue weighted by atomic mass is 10.0. The molecule has 1 saturated carbocycles. The summed E-state index contributed by atoms with van der Waals surface area (Å²) in [7, 11) is 0. The summed E-state index contributed by atoms with van der Waals surface area (Å²) in [5.74, 6) is 0.211. The Labute approximate surface area is 130 Å². The maximum absolute atomic E-state index is 11.8. The van der Waals surface area contributed by atoms with Gasteiger partial charge < -0.3 is 10.6 Å². The number of hydrogen-bond donors (Lipinski definition) is 2. The lowest BCUT2D eigenvalue weighted by molar-refractivity contribution is -0.124. The Morgan fingerprint density at radius 3 is 2.67 bits per heavy atom. The van der Waals surface area contributed by atoms with Gasteiger partial charge in [0.2, 0.25) is 11.8 Å². The van der Waals surface area contributed by atoms with Crippen molar-refractivity contribution in [2.24, 2.45) is 5.92 Å². The van der Waals surface area contributed by atoms with Gasteiger partial charge in [0.25, 0.3) is 0 Å². The normalized spacial score (nSPS) is 15.0. The summed E-state index contributed by atoms with van der Waals surface area (Å²) in [6, 6.07) is 5.35. The molecule has 1 aliphatic rings. The number of benzene rings is 1. The molecule has 2 rings (SSSR count). The molecule has 2 amide bonds. The van der Waals surface area contributed by atoms with E-state index in [9.17, 15) is 9.59 Å². The van der Waals surface area contributed by atoms with E-state index < -0.39 is 0 Å². The van der Waals surface area contributed by atoms with Crippen LogP contribution in [0.25, 0.3) is 0 Å². The second-order valence-electron chi connectivity index (χ2n) is 5.59. The Morgan fingerprint density at radius 1 is 1.24 bits per heavy atom. The van der Waals surface area contributed by atoms with Crippen LogP contribution in [0.4, 0.5) is 5.69 Å². The first-order chi connectivity index (χ1) is 10.1. The Morgan fingerprint density at radius 2 is 1.95 bits per heavy atom. The molecular weight excluding hydrogens is 288 g/mol. The minimum Gasteiger partial charge on any atom is -0.347 e. The van der Waals surface area contributed by atoms with Gasteiger partial charge in [-0.25, -0.2) is 0 Å². The van der Waals surface area contributed by atoms with E-state index in [1.807, 2.05) is 6.92 Å². The third-order valence-corrected chi connectivity index (χ3v) is 4.35. The molecule has 1 aromatic carbocycles. The number of hydrogen-bond acceptors (Lipinski definition) is 2. The average molecular weight is 309 g/mol. The molecule has 0 heterocycles. The van der Waals surface area contributed by atoms with Crippen molar-refractivity contribution in [3.05, 3.63) is 28.8 Å². The SMILES string of the molecule is Cc1c(Cl)cccc1NC(=O)CNC(=O)CC1CCCC1. The summed E-state index contributed by atoms with van der Waals surface area (Å²) in [4.78, 5) is 23.6. The van der Waals surface area contributed by atoms with Gasteiger partial charge in [-0.1, -0.05) is 30.5 Å². The largest absolute Gasteiger partial charge is 0.347 e. The zero-order valence-electron chi connectivity index (χ0n) is 12.2. The van der Waals surface area contributed by atoms with Crippen LogP contribution in [0.1, 0.15) is 37.7 Å². The van der Waals surface area contributed by atoms with Crippen LogP contribution in [-0.4, -0.2) is 18.4 Å². The highest BCUT2D eigenvalue weighted by molar-refractivity contribution is 6.31. The smallest absolute Gasteiger partial charge is 0.243 e. The van der Waals surface area contributed by atoms with Crippen LogP contribution >= 0.6 is 11.6 Å². The van der Waals surface area contributed by atoms with Crippen LogP contribution in [0.2, 0.25) is 5.02 Å². The molecule has 1 aliphatic carbocycles. The first-order valence-electron chi connectivity index (χ1n) is 7.38. The summed E-state index contributed by atoms with van der Waals surface area (Å²) >= 11 is 6.00. The molecule has 4 nitrogen and oxygen atoms in total. The number of anilines is 1. The van der Waals surface area contributed by atoms with Crippen LogP contribution in [0, 0.1) is 12.8 Å². The topological polar surface area (TPSA) is 58.2 Å². The van der Waals surface area contributed by atoms with Gasteiger partial charge in [-0.2, -0.15) is 0 Å². The molecule has 0 aromatic heterocycles. The highest BCUT2D eigenvalue weighted by Crippen LogP contribution is 2.27. The van der Waals surface area contributed by atoms with E-state index >= 15 is 0 Å². The summed E-state index contributed by atoms with van der Waals surface area (Å²) in [6.07, 6.45) is 5.21. The predicted octanol–water partition coefficient (Wildman–Crippen LogP) is 3.28. The summed E-state index contributed by atoms with van der Waals surface area (Å²) in [6.45, 7) is 1.84. The van der Waals surface area contributed by atoms with Crippen molar-refractivity contribution in [2.75, 3.05) is 11.9 Å². The van der Waals surface area contributed by atoms with Crippen LogP contribution in [0.15, 0.2) is 18.2 Å². The molecule has 1 aromatic rings. The molecule has 114 valence electrons. The van der Waals surface area contributed by atoms with Crippen molar-refractivity contribution in [3.63, 3.8) is 0 Å². The second-order valence-corrected chi connectivity index (χ2v) is 6.00. The van der Waals surface area contributed by atoms with Crippen LogP contribution in [0.3, 0.4) is 0 Å². The second kappa shape index (κ2) is 7.46. The molecule has 0 unspecified atom stereocenters. The van der Waals surface area contributed by atoms with Crippen molar-refractivity contribution in [1.82, 2.24) is 5.32 Å². The minimum atomic E-state index is -0.236. The fraction of sp³-hybridized carbons (Fsp3) is 0.500. The Kier molecular flexibility index (Phi) is 5.62.